The first kappa shape index (κ1) is 25.5. The van der Waals surface area contributed by atoms with E-state index in [-0.39, 0.29) is 44.5 Å². The summed E-state index contributed by atoms with van der Waals surface area (Å²) >= 11 is 0. The summed E-state index contributed by atoms with van der Waals surface area (Å²) in [5.74, 6) is -4.25. The maximum absolute atomic E-state index is 13.0. The molecule has 0 aliphatic rings. The van der Waals surface area contributed by atoms with Crippen LogP contribution in [0.5, 0.6) is 0 Å². The fraction of sp³-hybridized carbons (Fsp3) is 0. The first-order valence-corrected chi connectivity index (χ1v) is 10.2. The minimum atomic E-state index is -1.39. The molecule has 0 aliphatic heterocycles. The van der Waals surface area contributed by atoms with Crippen LogP contribution < -0.4 is 11.1 Å². The number of nitrogen functional groups attached to an aromatic ring is 1. The van der Waals surface area contributed by atoms with Gasteiger partial charge in [0.1, 0.15) is 11.6 Å². The molecule has 5 N–H and O–H groups in total. The van der Waals surface area contributed by atoms with Crippen molar-refractivity contribution in [3.63, 3.8) is 0 Å². The Bertz CT molecular complexity index is 1450. The lowest BCUT2D eigenvalue weighted by Gasteiger charge is -2.13. The number of nitrogens with one attached hydrogen (secondary N) is 1. The van der Waals surface area contributed by atoms with E-state index in [1.54, 1.807) is 0 Å². The lowest BCUT2D eigenvalue weighted by molar-refractivity contribution is 0.0686. The predicted molar refractivity (Wildman–Crippen MR) is 128 cm³/mol. The summed E-state index contributed by atoms with van der Waals surface area (Å²) in [4.78, 5) is 47.4. The molecule has 0 aromatic heterocycles. The number of carboxylic acid groups (broad SMARTS) is 2. The minimum Gasteiger partial charge on any atom is -0.478 e. The molecule has 0 heterocycles. The average molecular weight is 492 g/mol. The summed E-state index contributed by atoms with van der Waals surface area (Å²) < 4.78 is 25.1. The van der Waals surface area contributed by atoms with Gasteiger partial charge in [-0.2, -0.15) is 0 Å². The lowest BCUT2D eigenvalue weighted by atomic mass is 9.91. The van der Waals surface area contributed by atoms with Gasteiger partial charge in [-0.05, 0) is 66.7 Å². The Labute approximate surface area is 202 Å². The highest BCUT2D eigenvalue weighted by atomic mass is 19.1. The molecule has 182 valence electrons. The number of halogens is 2. The van der Waals surface area contributed by atoms with Gasteiger partial charge in [0, 0.05) is 33.3 Å². The summed E-state index contributed by atoms with van der Waals surface area (Å²) in [6.07, 6.45) is 0.391. The monoisotopic (exact) mass is 492 g/mol. The number of aromatic carboxylic acids is 2. The molecule has 0 radical (unpaired) electrons. The molecule has 0 saturated carbocycles. The third-order valence-corrected chi connectivity index (χ3v) is 5.00. The van der Waals surface area contributed by atoms with Crippen LogP contribution in [-0.4, -0.2) is 34.3 Å². The molecular weight excluding hydrogens is 474 g/mol. The van der Waals surface area contributed by atoms with Gasteiger partial charge < -0.3 is 21.3 Å². The van der Waals surface area contributed by atoms with E-state index in [1.165, 1.54) is 48.5 Å². The van der Waals surface area contributed by atoms with E-state index in [1.807, 2.05) is 0 Å². The van der Waals surface area contributed by atoms with Crippen LogP contribution in [0, 0.1) is 11.6 Å². The summed E-state index contributed by atoms with van der Waals surface area (Å²) in [5, 5.41) is 21.1. The van der Waals surface area contributed by atoms with Crippen LogP contribution >= 0.6 is 0 Å². The standard InChI is InChI=1S/C20H12FNO6.C6H6FN/c21-11-2-4-12(5-3-11)22-18(24)13-7-8-14(19(25)26)16-10(9-23)1-6-15(17(13)16)20(27)28;7-5-1-3-6(8)4-2-5/h1-9H,(H,22,24)(H,25,26)(H,27,28);1-4H,8H2. The van der Waals surface area contributed by atoms with Gasteiger partial charge in [0.05, 0.1) is 11.1 Å². The molecule has 0 spiro atoms. The number of fused-ring (bicyclic) bond motifs is 1. The highest BCUT2D eigenvalue weighted by Crippen LogP contribution is 2.30. The van der Waals surface area contributed by atoms with Crippen LogP contribution in [-0.2, 0) is 0 Å². The Morgan fingerprint density at radius 3 is 1.67 bits per heavy atom. The number of aldehydes is 1. The van der Waals surface area contributed by atoms with Crippen molar-refractivity contribution >= 4 is 46.3 Å². The van der Waals surface area contributed by atoms with E-state index >= 15 is 0 Å². The van der Waals surface area contributed by atoms with E-state index in [9.17, 15) is 38.2 Å². The van der Waals surface area contributed by atoms with E-state index in [0.717, 1.165) is 24.3 Å². The number of amides is 1. The molecule has 4 rings (SSSR count). The maximum Gasteiger partial charge on any atom is 0.336 e. The number of rotatable bonds is 5. The Morgan fingerprint density at radius 2 is 1.17 bits per heavy atom. The van der Waals surface area contributed by atoms with Gasteiger partial charge in [-0.3, -0.25) is 9.59 Å². The zero-order valence-corrected chi connectivity index (χ0v) is 18.4. The normalized spacial score (nSPS) is 10.2. The second-order valence-corrected chi connectivity index (χ2v) is 7.35. The number of nitrogens with two attached hydrogens (primary N) is 1. The van der Waals surface area contributed by atoms with E-state index in [4.69, 9.17) is 5.73 Å². The molecule has 0 aliphatic carbocycles. The van der Waals surface area contributed by atoms with Crippen LogP contribution in [0.3, 0.4) is 0 Å². The van der Waals surface area contributed by atoms with Crippen LogP contribution in [0.25, 0.3) is 10.8 Å². The summed E-state index contributed by atoms with van der Waals surface area (Å²) in [5.41, 5.74) is 5.28. The topological polar surface area (TPSA) is 147 Å². The molecule has 0 fully saturated rings. The molecular formula is C26H18F2N2O6. The SMILES string of the molecule is Nc1ccc(F)cc1.O=Cc1ccc(C(=O)O)c2c(C(=O)Nc3ccc(F)cc3)ccc(C(=O)O)c12. The Hall–Kier alpha value is -5.12. The van der Waals surface area contributed by atoms with Crippen molar-refractivity contribution in [3.8, 4) is 0 Å². The van der Waals surface area contributed by atoms with Crippen LogP contribution in [0.2, 0.25) is 0 Å². The minimum absolute atomic E-state index is 0.0613. The summed E-state index contributed by atoms with van der Waals surface area (Å²) in [6.45, 7) is 0. The molecule has 8 nitrogen and oxygen atoms in total. The van der Waals surface area contributed by atoms with Crippen molar-refractivity contribution in [1.82, 2.24) is 0 Å². The average Bonchev–Trinajstić information content (AvgIpc) is 2.85. The molecule has 0 atom stereocenters. The second-order valence-electron chi connectivity index (χ2n) is 7.35. The van der Waals surface area contributed by atoms with Gasteiger partial charge in [-0.15, -0.1) is 0 Å². The lowest BCUT2D eigenvalue weighted by Crippen LogP contribution is -2.15. The number of carboxylic acids is 2. The van der Waals surface area contributed by atoms with E-state index < -0.39 is 23.7 Å². The van der Waals surface area contributed by atoms with Crippen molar-refractivity contribution in [3.05, 3.63) is 107 Å². The first-order valence-electron chi connectivity index (χ1n) is 10.2. The fourth-order valence-corrected chi connectivity index (χ4v) is 3.36. The first-order chi connectivity index (χ1) is 17.1. The number of hydrogen-bond donors (Lipinski definition) is 4. The molecule has 4 aromatic carbocycles. The van der Waals surface area contributed by atoms with Crippen molar-refractivity contribution in [1.29, 1.82) is 0 Å². The molecule has 10 heteroatoms. The van der Waals surface area contributed by atoms with E-state index in [0.29, 0.717) is 12.0 Å². The highest BCUT2D eigenvalue weighted by Gasteiger charge is 2.23. The number of carbonyl (C=O) groups excluding carboxylic acids is 2. The molecule has 0 saturated heterocycles. The van der Waals surface area contributed by atoms with Gasteiger partial charge in [-0.1, -0.05) is 6.07 Å². The molecule has 36 heavy (non-hydrogen) atoms. The third-order valence-electron chi connectivity index (χ3n) is 5.00. The third kappa shape index (κ3) is 5.68. The van der Waals surface area contributed by atoms with Crippen LogP contribution in [0.15, 0.2) is 72.8 Å². The zero-order valence-electron chi connectivity index (χ0n) is 18.4. The maximum atomic E-state index is 13.0. The Kier molecular flexibility index (Phi) is 7.70. The number of carbonyl (C=O) groups is 4. The van der Waals surface area contributed by atoms with Crippen molar-refractivity contribution in [2.75, 3.05) is 11.1 Å². The quantitative estimate of drug-likeness (QED) is 0.230. The summed E-state index contributed by atoms with van der Waals surface area (Å²) in [6, 6.07) is 15.2. The Morgan fingerprint density at radius 1 is 0.694 bits per heavy atom. The van der Waals surface area contributed by atoms with Crippen molar-refractivity contribution in [2.45, 2.75) is 0 Å². The number of benzene rings is 4. The smallest absolute Gasteiger partial charge is 0.336 e. The number of hydrogen-bond acceptors (Lipinski definition) is 5. The molecule has 1 amide bonds. The van der Waals surface area contributed by atoms with Gasteiger partial charge in [-0.25, -0.2) is 18.4 Å². The van der Waals surface area contributed by atoms with Crippen LogP contribution in [0.1, 0.15) is 41.4 Å². The largest absolute Gasteiger partial charge is 0.478 e. The van der Waals surface area contributed by atoms with Gasteiger partial charge in [0.2, 0.25) is 0 Å². The fourth-order valence-electron chi connectivity index (χ4n) is 3.36. The van der Waals surface area contributed by atoms with Gasteiger partial charge >= 0.3 is 11.9 Å². The second kappa shape index (κ2) is 10.9. The highest BCUT2D eigenvalue weighted by molar-refractivity contribution is 6.23. The van der Waals surface area contributed by atoms with E-state index in [2.05, 4.69) is 5.32 Å². The molecule has 0 bridgehead atoms. The van der Waals surface area contributed by atoms with Crippen molar-refractivity contribution in [2.24, 2.45) is 0 Å². The summed E-state index contributed by atoms with van der Waals surface area (Å²) in [7, 11) is 0. The molecule has 4 aromatic rings. The zero-order chi connectivity index (χ0) is 26.4. The molecule has 0 unspecified atom stereocenters. The van der Waals surface area contributed by atoms with Gasteiger partial charge in [0.25, 0.3) is 5.91 Å². The van der Waals surface area contributed by atoms with Gasteiger partial charge in [0.15, 0.2) is 6.29 Å². The number of anilines is 2. The Balaban J connectivity index is 0.000000383. The van der Waals surface area contributed by atoms with Crippen LogP contribution in [0.4, 0.5) is 20.2 Å². The van der Waals surface area contributed by atoms with Crippen molar-refractivity contribution < 1.29 is 38.2 Å². The predicted octanol–water partition coefficient (Wildman–Crippen LogP) is 4.85.